The summed E-state index contributed by atoms with van der Waals surface area (Å²) >= 11 is 0. The fourth-order valence-corrected chi connectivity index (χ4v) is 4.30. The lowest BCUT2D eigenvalue weighted by atomic mass is 9.81. The first kappa shape index (κ1) is 20.5. The Morgan fingerprint density at radius 1 is 1.11 bits per heavy atom. The summed E-state index contributed by atoms with van der Waals surface area (Å²) in [7, 11) is 2.07. The molecule has 3 rings (SSSR count). The molecule has 6 nitrogen and oxygen atoms in total. The lowest BCUT2D eigenvalue weighted by molar-refractivity contribution is -0.140. The molecule has 6 heteroatoms. The molecule has 0 bridgehead atoms. The maximum Gasteiger partial charge on any atom is 0.233 e. The van der Waals surface area contributed by atoms with Crippen molar-refractivity contribution in [3.63, 3.8) is 0 Å². The second-order valence-electron chi connectivity index (χ2n) is 8.00. The molecule has 0 spiro atoms. The van der Waals surface area contributed by atoms with Crippen LogP contribution in [0.4, 0.5) is 0 Å². The first-order chi connectivity index (χ1) is 13.6. The number of fused-ring (bicyclic) bond motifs is 1. The largest absolute Gasteiger partial charge is 0.356 e. The summed E-state index contributed by atoms with van der Waals surface area (Å²) in [4.78, 5) is 40.5. The monoisotopic (exact) mass is 385 g/mol. The van der Waals surface area contributed by atoms with Crippen LogP contribution in [0.5, 0.6) is 0 Å². The smallest absolute Gasteiger partial charge is 0.233 e. The molecule has 0 unspecified atom stereocenters. The number of rotatable bonds is 9. The molecule has 1 N–H and O–H groups in total. The van der Waals surface area contributed by atoms with E-state index in [0.29, 0.717) is 6.54 Å². The highest BCUT2D eigenvalue weighted by Crippen LogP contribution is 2.37. The molecular weight excluding hydrogens is 354 g/mol. The number of nitrogens with zero attached hydrogens (tertiary/aromatic N) is 2. The van der Waals surface area contributed by atoms with Crippen LogP contribution in [0, 0.1) is 11.8 Å². The second-order valence-corrected chi connectivity index (χ2v) is 8.00. The second kappa shape index (κ2) is 9.82. The summed E-state index contributed by atoms with van der Waals surface area (Å²) in [5.41, 5.74) is 1.27. The summed E-state index contributed by atoms with van der Waals surface area (Å²) < 4.78 is 0. The van der Waals surface area contributed by atoms with Gasteiger partial charge < -0.3 is 10.2 Å². The van der Waals surface area contributed by atoms with Crippen molar-refractivity contribution >= 4 is 17.7 Å². The third kappa shape index (κ3) is 5.19. The van der Waals surface area contributed by atoms with Crippen LogP contribution < -0.4 is 5.32 Å². The maximum absolute atomic E-state index is 12.4. The lowest BCUT2D eigenvalue weighted by Gasteiger charge is -2.19. The summed E-state index contributed by atoms with van der Waals surface area (Å²) in [6, 6.07) is 10.3. The van der Waals surface area contributed by atoms with E-state index in [0.717, 1.165) is 45.2 Å². The van der Waals surface area contributed by atoms with E-state index in [1.165, 1.54) is 10.5 Å². The van der Waals surface area contributed by atoms with Gasteiger partial charge in [-0.1, -0.05) is 43.2 Å². The van der Waals surface area contributed by atoms with Gasteiger partial charge in [-0.25, -0.2) is 0 Å². The van der Waals surface area contributed by atoms with E-state index < -0.39 is 0 Å². The molecule has 3 amide bonds. The minimum absolute atomic E-state index is 0.0648. The Hall–Kier alpha value is -2.21. The van der Waals surface area contributed by atoms with Crippen LogP contribution in [-0.2, 0) is 20.9 Å². The molecule has 1 aromatic rings. The molecule has 0 aromatic heterocycles. The van der Waals surface area contributed by atoms with Gasteiger partial charge in [0.05, 0.1) is 11.8 Å². The Labute approximate surface area is 167 Å². The van der Waals surface area contributed by atoms with E-state index in [1.54, 1.807) is 0 Å². The summed E-state index contributed by atoms with van der Waals surface area (Å²) in [5, 5.41) is 2.90. The minimum Gasteiger partial charge on any atom is -0.356 e. The standard InChI is InChI=1S/C22H31N3O3/c1-24(16-17-8-3-2-4-9-17)14-7-13-23-20(26)12-15-25-21(27)18-10-5-6-11-19(18)22(25)28/h2-4,8-9,18-19H,5-7,10-16H2,1H3,(H,23,26)/t18-,19-/m1/s1. The summed E-state index contributed by atoms with van der Waals surface area (Å²) in [6.45, 7) is 2.59. The first-order valence-corrected chi connectivity index (χ1v) is 10.4. The van der Waals surface area contributed by atoms with Crippen LogP contribution in [0.15, 0.2) is 30.3 Å². The van der Waals surface area contributed by atoms with Gasteiger partial charge in [-0.05, 0) is 38.4 Å². The van der Waals surface area contributed by atoms with E-state index in [2.05, 4.69) is 29.4 Å². The van der Waals surface area contributed by atoms with Crippen molar-refractivity contribution in [2.24, 2.45) is 11.8 Å². The molecule has 2 atom stereocenters. The molecule has 1 aromatic carbocycles. The molecule has 1 saturated carbocycles. The Morgan fingerprint density at radius 3 is 2.39 bits per heavy atom. The molecule has 0 radical (unpaired) electrons. The predicted molar refractivity (Wildman–Crippen MR) is 107 cm³/mol. The average Bonchev–Trinajstić information content (AvgIpc) is 2.95. The van der Waals surface area contributed by atoms with Gasteiger partial charge in [0.15, 0.2) is 0 Å². The van der Waals surface area contributed by atoms with Crippen LogP contribution in [-0.4, -0.2) is 54.2 Å². The van der Waals surface area contributed by atoms with E-state index in [1.807, 2.05) is 18.2 Å². The maximum atomic E-state index is 12.4. The summed E-state index contributed by atoms with van der Waals surface area (Å²) in [6.07, 6.45) is 4.72. The molecule has 28 heavy (non-hydrogen) atoms. The minimum atomic E-state index is -0.135. The summed E-state index contributed by atoms with van der Waals surface area (Å²) in [5.74, 6) is -0.495. The van der Waals surface area contributed by atoms with Crippen molar-refractivity contribution in [2.75, 3.05) is 26.7 Å². The van der Waals surface area contributed by atoms with Crippen molar-refractivity contribution in [3.8, 4) is 0 Å². The SMILES string of the molecule is CN(CCCNC(=O)CCN1C(=O)[C@@H]2CCCC[C@H]2C1=O)Cc1ccccc1. The number of carbonyl (C=O) groups is 3. The molecule has 1 saturated heterocycles. The highest BCUT2D eigenvalue weighted by atomic mass is 16.2. The van der Waals surface area contributed by atoms with E-state index >= 15 is 0 Å². The fraction of sp³-hybridized carbons (Fsp3) is 0.591. The zero-order valence-corrected chi connectivity index (χ0v) is 16.7. The number of imide groups is 1. The van der Waals surface area contributed by atoms with Gasteiger partial charge in [0.1, 0.15) is 0 Å². The molecule has 2 aliphatic rings. The quantitative estimate of drug-likeness (QED) is 0.523. The van der Waals surface area contributed by atoms with Crippen LogP contribution in [0.3, 0.4) is 0 Å². The van der Waals surface area contributed by atoms with Crippen molar-refractivity contribution in [3.05, 3.63) is 35.9 Å². The average molecular weight is 386 g/mol. The van der Waals surface area contributed by atoms with Crippen LogP contribution in [0.1, 0.15) is 44.1 Å². The highest BCUT2D eigenvalue weighted by molar-refractivity contribution is 6.05. The van der Waals surface area contributed by atoms with E-state index in [9.17, 15) is 14.4 Å². The molecule has 1 heterocycles. The number of amides is 3. The lowest BCUT2D eigenvalue weighted by Crippen LogP contribution is -2.36. The van der Waals surface area contributed by atoms with Gasteiger partial charge in [0.2, 0.25) is 17.7 Å². The zero-order chi connectivity index (χ0) is 19.9. The third-order valence-corrected chi connectivity index (χ3v) is 5.83. The van der Waals surface area contributed by atoms with Crippen molar-refractivity contribution in [1.82, 2.24) is 15.1 Å². The van der Waals surface area contributed by atoms with Gasteiger partial charge in [-0.3, -0.25) is 19.3 Å². The number of hydrogen-bond donors (Lipinski definition) is 1. The number of carbonyl (C=O) groups excluding carboxylic acids is 3. The fourth-order valence-electron chi connectivity index (χ4n) is 4.30. The molecule has 1 aliphatic carbocycles. The topological polar surface area (TPSA) is 69.7 Å². The number of nitrogens with one attached hydrogen (secondary N) is 1. The predicted octanol–water partition coefficient (Wildman–Crippen LogP) is 2.19. The van der Waals surface area contributed by atoms with Crippen molar-refractivity contribution in [1.29, 1.82) is 0 Å². The molecule has 152 valence electrons. The Balaban J connectivity index is 1.31. The number of likely N-dealkylation sites (tertiary alicyclic amines) is 1. The van der Waals surface area contributed by atoms with Crippen LogP contribution >= 0.6 is 0 Å². The molecule has 1 aliphatic heterocycles. The number of benzene rings is 1. The highest BCUT2D eigenvalue weighted by Gasteiger charge is 2.47. The van der Waals surface area contributed by atoms with Crippen molar-refractivity contribution in [2.45, 2.75) is 45.1 Å². The molecular formula is C22H31N3O3. The number of hydrogen-bond acceptors (Lipinski definition) is 4. The van der Waals surface area contributed by atoms with E-state index in [4.69, 9.17) is 0 Å². The molecule has 2 fully saturated rings. The van der Waals surface area contributed by atoms with Crippen LogP contribution in [0.2, 0.25) is 0 Å². The van der Waals surface area contributed by atoms with Crippen LogP contribution in [0.25, 0.3) is 0 Å². The van der Waals surface area contributed by atoms with Crippen molar-refractivity contribution < 1.29 is 14.4 Å². The first-order valence-electron chi connectivity index (χ1n) is 10.4. The Morgan fingerprint density at radius 2 is 1.75 bits per heavy atom. The van der Waals surface area contributed by atoms with Gasteiger partial charge in [0, 0.05) is 26.1 Å². The van der Waals surface area contributed by atoms with Gasteiger partial charge in [-0.15, -0.1) is 0 Å². The van der Waals surface area contributed by atoms with Gasteiger partial charge in [-0.2, -0.15) is 0 Å². The van der Waals surface area contributed by atoms with Gasteiger partial charge >= 0.3 is 0 Å². The van der Waals surface area contributed by atoms with E-state index in [-0.39, 0.29) is 42.5 Å². The normalized spacial score (nSPS) is 21.9. The Bertz CT molecular complexity index is 668. The Kier molecular flexibility index (Phi) is 7.20. The third-order valence-electron chi connectivity index (χ3n) is 5.83. The van der Waals surface area contributed by atoms with Gasteiger partial charge in [0.25, 0.3) is 0 Å². The zero-order valence-electron chi connectivity index (χ0n) is 16.7.